The predicted octanol–water partition coefficient (Wildman–Crippen LogP) is 5.55. The normalized spacial score (nSPS) is 12.3. The van der Waals surface area contributed by atoms with Crippen molar-refractivity contribution in [2.45, 2.75) is 6.54 Å². The van der Waals surface area contributed by atoms with Gasteiger partial charge >= 0.3 is 6.03 Å². The van der Waals surface area contributed by atoms with Gasteiger partial charge in [0.15, 0.2) is 0 Å². The van der Waals surface area contributed by atoms with Gasteiger partial charge < -0.3 is 16.0 Å². The van der Waals surface area contributed by atoms with E-state index in [1.807, 2.05) is 18.2 Å². The number of benzene rings is 3. The zero-order valence-corrected chi connectivity index (χ0v) is 16.1. The maximum Gasteiger partial charge on any atom is 0.323 e. The maximum atomic E-state index is 12.2. The topological polar surface area (TPSA) is 70.2 Å². The van der Waals surface area contributed by atoms with E-state index in [0.717, 1.165) is 16.7 Å². The molecule has 0 aromatic heterocycles. The van der Waals surface area contributed by atoms with Crippen molar-refractivity contribution < 1.29 is 9.59 Å². The number of hydrogen-bond donors (Lipinski definition) is 3. The van der Waals surface area contributed by atoms with Gasteiger partial charge in [0.05, 0.1) is 21.4 Å². The Balaban J connectivity index is 1.55. The highest BCUT2D eigenvalue weighted by atomic mass is 35.5. The van der Waals surface area contributed by atoms with Crippen LogP contribution in [0.5, 0.6) is 0 Å². The summed E-state index contributed by atoms with van der Waals surface area (Å²) in [4.78, 5) is 24.1. The molecule has 0 aliphatic carbocycles. The van der Waals surface area contributed by atoms with Crippen molar-refractivity contribution >= 4 is 46.5 Å². The van der Waals surface area contributed by atoms with Crippen LogP contribution in [0.4, 0.5) is 16.2 Å². The van der Waals surface area contributed by atoms with Gasteiger partial charge in [-0.1, -0.05) is 53.5 Å². The van der Waals surface area contributed by atoms with Gasteiger partial charge in [-0.2, -0.15) is 0 Å². The number of nitrogens with one attached hydrogen (secondary N) is 3. The van der Waals surface area contributed by atoms with E-state index in [2.05, 4.69) is 16.0 Å². The molecule has 0 unspecified atom stereocenters. The Morgan fingerprint density at radius 1 is 0.857 bits per heavy atom. The highest BCUT2D eigenvalue weighted by molar-refractivity contribution is 6.35. The Kier molecular flexibility index (Phi) is 4.94. The van der Waals surface area contributed by atoms with Gasteiger partial charge in [-0.25, -0.2) is 4.79 Å². The minimum absolute atomic E-state index is 0.0718. The third-order valence-corrected chi connectivity index (χ3v) is 5.14. The van der Waals surface area contributed by atoms with Gasteiger partial charge in [-0.05, 0) is 47.0 Å². The van der Waals surface area contributed by atoms with E-state index in [-0.39, 0.29) is 5.91 Å². The Morgan fingerprint density at radius 3 is 2.32 bits per heavy atom. The first-order chi connectivity index (χ1) is 13.5. The van der Waals surface area contributed by atoms with E-state index < -0.39 is 6.03 Å². The quantitative estimate of drug-likeness (QED) is 0.528. The highest BCUT2D eigenvalue weighted by Crippen LogP contribution is 2.33. The molecule has 3 aromatic carbocycles. The summed E-state index contributed by atoms with van der Waals surface area (Å²) in [6, 6.07) is 17.5. The molecule has 28 heavy (non-hydrogen) atoms. The molecule has 0 radical (unpaired) electrons. The van der Waals surface area contributed by atoms with Crippen molar-refractivity contribution in [1.82, 2.24) is 5.32 Å². The van der Waals surface area contributed by atoms with E-state index >= 15 is 0 Å². The molecule has 1 heterocycles. The summed E-state index contributed by atoms with van der Waals surface area (Å²) >= 11 is 12.4. The lowest BCUT2D eigenvalue weighted by atomic mass is 9.97. The second-order valence-corrected chi connectivity index (χ2v) is 7.08. The molecule has 3 amide bonds. The summed E-state index contributed by atoms with van der Waals surface area (Å²) in [5, 5.41) is 9.06. The van der Waals surface area contributed by atoms with Gasteiger partial charge in [0, 0.05) is 12.1 Å². The van der Waals surface area contributed by atoms with Crippen LogP contribution >= 0.6 is 23.2 Å². The van der Waals surface area contributed by atoms with Crippen molar-refractivity contribution in [3.63, 3.8) is 0 Å². The predicted molar refractivity (Wildman–Crippen MR) is 112 cm³/mol. The van der Waals surface area contributed by atoms with Crippen LogP contribution in [0.2, 0.25) is 10.0 Å². The minimum atomic E-state index is -0.446. The first-order valence-corrected chi connectivity index (χ1v) is 9.31. The Bertz CT molecular complexity index is 1100. The largest absolute Gasteiger partial charge is 0.348 e. The number of hydrogen-bond acceptors (Lipinski definition) is 2. The average molecular weight is 412 g/mol. The molecule has 0 saturated heterocycles. The summed E-state index contributed by atoms with van der Waals surface area (Å²) < 4.78 is 0. The summed E-state index contributed by atoms with van der Waals surface area (Å²) in [6.07, 6.45) is 0. The summed E-state index contributed by atoms with van der Waals surface area (Å²) in [5.74, 6) is -0.0718. The zero-order valence-electron chi connectivity index (χ0n) is 14.6. The number of para-hydroxylation sites is 1. The number of amides is 3. The van der Waals surface area contributed by atoms with Crippen molar-refractivity contribution in [2.24, 2.45) is 0 Å². The highest BCUT2D eigenvalue weighted by Gasteiger charge is 2.22. The maximum absolute atomic E-state index is 12.2. The van der Waals surface area contributed by atoms with Crippen molar-refractivity contribution in [3.05, 3.63) is 81.8 Å². The van der Waals surface area contributed by atoms with Crippen molar-refractivity contribution in [1.29, 1.82) is 0 Å². The molecule has 0 saturated carbocycles. The molecule has 4 rings (SSSR count). The van der Waals surface area contributed by atoms with Crippen LogP contribution < -0.4 is 16.0 Å². The lowest BCUT2D eigenvalue weighted by molar-refractivity contribution is 0.0965. The van der Waals surface area contributed by atoms with Crippen LogP contribution in [0.15, 0.2) is 60.7 Å². The molecule has 7 heteroatoms. The van der Waals surface area contributed by atoms with Gasteiger partial charge in [0.25, 0.3) is 5.91 Å². The number of halogens is 2. The summed E-state index contributed by atoms with van der Waals surface area (Å²) in [6.45, 7) is 0.488. The van der Waals surface area contributed by atoms with Crippen LogP contribution in [0.25, 0.3) is 11.1 Å². The number of carbonyl (C=O) groups is 2. The molecule has 140 valence electrons. The van der Waals surface area contributed by atoms with Gasteiger partial charge in [0.2, 0.25) is 0 Å². The molecule has 5 nitrogen and oxygen atoms in total. The Hall–Kier alpha value is -3.02. The molecule has 3 aromatic rings. The molecule has 1 aliphatic heterocycles. The number of urea groups is 1. The lowest BCUT2D eigenvalue weighted by Crippen LogP contribution is -2.19. The number of anilines is 2. The van der Waals surface area contributed by atoms with Gasteiger partial charge in [0.1, 0.15) is 0 Å². The summed E-state index contributed by atoms with van der Waals surface area (Å²) in [5.41, 5.74) is 4.40. The second kappa shape index (κ2) is 7.54. The molecular weight excluding hydrogens is 397 g/mol. The standard InChI is InChI=1S/C21H15Cl2N3O2/c22-16-6-1-2-7-18(16)25-21(28)26-19-9-8-12(10-17(19)23)13-4-3-5-14-15(13)11-24-20(14)27/h1-10H,11H2,(H,24,27)(H2,25,26,28). The first-order valence-electron chi connectivity index (χ1n) is 8.55. The summed E-state index contributed by atoms with van der Waals surface area (Å²) in [7, 11) is 0. The van der Waals surface area contributed by atoms with E-state index in [1.54, 1.807) is 42.5 Å². The van der Waals surface area contributed by atoms with Gasteiger partial charge in [-0.15, -0.1) is 0 Å². The van der Waals surface area contributed by atoms with E-state index in [1.165, 1.54) is 0 Å². The smallest absolute Gasteiger partial charge is 0.323 e. The van der Waals surface area contributed by atoms with E-state index in [4.69, 9.17) is 23.2 Å². The third kappa shape index (κ3) is 3.54. The number of rotatable bonds is 3. The van der Waals surface area contributed by atoms with Crippen LogP contribution in [-0.2, 0) is 6.54 Å². The van der Waals surface area contributed by atoms with E-state index in [9.17, 15) is 9.59 Å². The zero-order chi connectivity index (χ0) is 19.7. The monoisotopic (exact) mass is 411 g/mol. The molecular formula is C21H15Cl2N3O2. The lowest BCUT2D eigenvalue weighted by Gasteiger charge is -2.12. The fourth-order valence-corrected chi connectivity index (χ4v) is 3.56. The van der Waals surface area contributed by atoms with Crippen LogP contribution in [0.3, 0.4) is 0 Å². The number of carbonyl (C=O) groups excluding carboxylic acids is 2. The third-order valence-electron chi connectivity index (χ3n) is 4.50. The fourth-order valence-electron chi connectivity index (χ4n) is 3.15. The molecule has 0 fully saturated rings. The van der Waals surface area contributed by atoms with Crippen molar-refractivity contribution in [3.8, 4) is 11.1 Å². The molecule has 3 N–H and O–H groups in total. The van der Waals surface area contributed by atoms with Crippen LogP contribution in [-0.4, -0.2) is 11.9 Å². The molecule has 1 aliphatic rings. The first kappa shape index (κ1) is 18.3. The molecule has 0 bridgehead atoms. The average Bonchev–Trinajstić information content (AvgIpc) is 3.06. The Labute approximate surface area is 171 Å². The Morgan fingerprint density at radius 2 is 1.57 bits per heavy atom. The van der Waals surface area contributed by atoms with Crippen LogP contribution in [0, 0.1) is 0 Å². The number of fused-ring (bicyclic) bond motifs is 1. The van der Waals surface area contributed by atoms with E-state index in [0.29, 0.717) is 33.5 Å². The molecule has 0 spiro atoms. The second-order valence-electron chi connectivity index (χ2n) is 6.27. The minimum Gasteiger partial charge on any atom is -0.348 e. The molecule has 0 atom stereocenters. The van der Waals surface area contributed by atoms with Crippen molar-refractivity contribution in [2.75, 3.05) is 10.6 Å². The van der Waals surface area contributed by atoms with Crippen LogP contribution in [0.1, 0.15) is 15.9 Å². The van der Waals surface area contributed by atoms with Gasteiger partial charge in [-0.3, -0.25) is 4.79 Å². The SMILES string of the molecule is O=C(Nc1ccccc1Cl)Nc1ccc(-c2cccc3c2CNC3=O)cc1Cl. The fraction of sp³-hybridized carbons (Fsp3) is 0.0476.